The van der Waals surface area contributed by atoms with Gasteiger partial charge in [0.15, 0.2) is 10.9 Å². The van der Waals surface area contributed by atoms with Gasteiger partial charge in [-0.05, 0) is 87.6 Å². The van der Waals surface area contributed by atoms with Crippen LogP contribution in [0.4, 0.5) is 24.5 Å². The van der Waals surface area contributed by atoms with Crippen molar-refractivity contribution in [3.05, 3.63) is 82.5 Å². The molecule has 58 heavy (non-hydrogen) atoms. The number of rotatable bonds is 13. The number of thiocarbonyl (C=S) groups is 1. The number of hydrogen-bond donors (Lipinski definition) is 1. The number of piperidine rings is 1. The van der Waals surface area contributed by atoms with E-state index in [-0.39, 0.29) is 40.4 Å². The van der Waals surface area contributed by atoms with Crippen molar-refractivity contribution in [2.24, 2.45) is 5.92 Å². The molecule has 306 valence electrons. The van der Waals surface area contributed by atoms with Gasteiger partial charge in [-0.3, -0.25) is 39.2 Å². The molecule has 0 bridgehead atoms. The molecule has 16 heteroatoms. The summed E-state index contributed by atoms with van der Waals surface area (Å²) in [5, 5.41) is 11.6. The lowest BCUT2D eigenvalue weighted by Gasteiger charge is -2.39. The molecule has 12 nitrogen and oxygen atoms in total. The highest BCUT2D eigenvalue weighted by atomic mass is 32.1. The molecule has 1 N–H and O–H groups in total. The summed E-state index contributed by atoms with van der Waals surface area (Å²) in [7, 11) is 0. The second-order valence-corrected chi connectivity index (χ2v) is 15.9. The van der Waals surface area contributed by atoms with Crippen molar-refractivity contribution < 1.29 is 37.1 Å². The molecule has 0 aliphatic carbocycles. The zero-order chi connectivity index (χ0) is 41.9. The van der Waals surface area contributed by atoms with E-state index in [0.717, 1.165) is 53.4 Å². The van der Waals surface area contributed by atoms with E-state index < -0.39 is 28.7 Å². The lowest BCUT2D eigenvalue weighted by atomic mass is 9.90. The highest BCUT2D eigenvalue weighted by Crippen LogP contribution is 2.40. The Balaban J connectivity index is 1.01. The number of hydrogen-bond acceptors (Lipinski definition) is 10. The number of alkyl halides is 3. The minimum Gasteiger partial charge on any atom is -0.476 e. The number of pyridine rings is 1. The van der Waals surface area contributed by atoms with Crippen LogP contribution in [0.2, 0.25) is 0 Å². The van der Waals surface area contributed by atoms with Crippen LogP contribution in [0.15, 0.2) is 54.7 Å². The lowest BCUT2D eigenvalue weighted by molar-refractivity contribution is -0.138. The van der Waals surface area contributed by atoms with Gasteiger partial charge in [0.2, 0.25) is 17.7 Å². The van der Waals surface area contributed by atoms with Crippen LogP contribution in [0, 0.1) is 17.2 Å². The average molecular weight is 818 g/mol. The van der Waals surface area contributed by atoms with Gasteiger partial charge in [0.05, 0.1) is 41.3 Å². The minimum atomic E-state index is -4.80. The summed E-state index contributed by atoms with van der Waals surface area (Å²) in [4.78, 5) is 62.2. The Hall–Kier alpha value is -5.24. The van der Waals surface area contributed by atoms with E-state index in [4.69, 9.17) is 17.0 Å². The Bertz CT molecular complexity index is 2160. The van der Waals surface area contributed by atoms with Crippen molar-refractivity contribution in [1.82, 2.24) is 20.1 Å². The number of piperazine rings is 1. The number of nitriles is 1. The van der Waals surface area contributed by atoms with Crippen LogP contribution in [0.3, 0.4) is 0 Å². The normalized spacial score (nSPS) is 20.3. The molecule has 3 saturated heterocycles. The third-order valence-corrected chi connectivity index (χ3v) is 11.4. The van der Waals surface area contributed by atoms with E-state index in [1.165, 1.54) is 12.3 Å². The quantitative estimate of drug-likeness (QED) is 0.179. The van der Waals surface area contributed by atoms with Crippen LogP contribution >= 0.6 is 12.2 Å². The van der Waals surface area contributed by atoms with Crippen molar-refractivity contribution in [1.29, 1.82) is 5.26 Å². The Labute approximate surface area is 340 Å². The highest BCUT2D eigenvalue weighted by Gasteiger charge is 2.51. The molecule has 6 rings (SSSR count). The van der Waals surface area contributed by atoms with Gasteiger partial charge in [0.1, 0.15) is 12.1 Å². The van der Waals surface area contributed by atoms with Crippen LogP contribution < -0.4 is 19.9 Å². The number of ether oxygens (including phenoxy) is 1. The zero-order valence-corrected chi connectivity index (χ0v) is 33.7. The lowest BCUT2D eigenvalue weighted by Crippen LogP contribution is -2.53. The Kier molecular flexibility index (Phi) is 12.6. The van der Waals surface area contributed by atoms with E-state index in [1.54, 1.807) is 24.8 Å². The monoisotopic (exact) mass is 817 g/mol. The summed E-state index contributed by atoms with van der Waals surface area (Å²) < 4.78 is 47.4. The molecule has 3 aliphatic heterocycles. The molecule has 1 aromatic heterocycles. The molecule has 3 fully saturated rings. The van der Waals surface area contributed by atoms with Crippen LogP contribution in [0.25, 0.3) is 0 Å². The smallest absolute Gasteiger partial charge is 0.417 e. The number of imide groups is 1. The Morgan fingerprint density at radius 1 is 1.09 bits per heavy atom. The predicted molar refractivity (Wildman–Crippen MR) is 214 cm³/mol. The number of halogens is 3. The first kappa shape index (κ1) is 42.4. The summed E-state index contributed by atoms with van der Waals surface area (Å²) in [6, 6.07) is 14.3. The number of aryl methyl sites for hydroxylation is 1. The second kappa shape index (κ2) is 17.3. The number of Topliss-reactive ketones (excluding diaryl/α,β-unsaturated/α-hetero) is 1. The zero-order valence-electron chi connectivity index (χ0n) is 32.9. The summed E-state index contributed by atoms with van der Waals surface area (Å²) >= 11 is 5.69. The van der Waals surface area contributed by atoms with E-state index in [1.807, 2.05) is 37.3 Å². The number of carbonyl (C=O) groups is 4. The van der Waals surface area contributed by atoms with Gasteiger partial charge >= 0.3 is 6.18 Å². The molecule has 3 aromatic rings. The number of carbonyl (C=O) groups excluding carboxylic acids is 4. The number of nitrogens with zero attached hydrogens (tertiary/aromatic N) is 6. The third-order valence-electron chi connectivity index (χ3n) is 11.0. The molecule has 2 atom stereocenters. The first-order valence-corrected chi connectivity index (χ1v) is 19.7. The van der Waals surface area contributed by atoms with Crippen molar-refractivity contribution in [2.45, 2.75) is 77.6 Å². The SMILES string of the molecule is CCc1cc(N2C(=S)N(c3ccc(C#N)c(C(F)(F)F)c3)C(=O)C2(C)C)cnc1OCCN1CCN(CC(=O)Cc2cccc(CC3CCC(=O)NC3=O)c2)[C@H](C)C1. The molecular weight excluding hydrogens is 772 g/mol. The fraction of sp³-hybridized carbons (Fsp3) is 0.452. The van der Waals surface area contributed by atoms with E-state index in [0.29, 0.717) is 63.4 Å². The van der Waals surface area contributed by atoms with Gasteiger partial charge < -0.3 is 9.64 Å². The number of benzene rings is 2. The molecule has 2 aromatic carbocycles. The van der Waals surface area contributed by atoms with Gasteiger partial charge in [-0.1, -0.05) is 31.2 Å². The number of nitrogens with one attached hydrogen (secondary N) is 1. The molecular formula is C42H46F3N7O5S. The molecule has 0 radical (unpaired) electrons. The number of aromatic nitrogens is 1. The summed E-state index contributed by atoms with van der Waals surface area (Å²) in [6.07, 6.45) is -1.03. The maximum atomic E-state index is 13.8. The van der Waals surface area contributed by atoms with Gasteiger partial charge in [0, 0.05) is 56.5 Å². The number of anilines is 2. The first-order chi connectivity index (χ1) is 27.5. The van der Waals surface area contributed by atoms with Crippen molar-refractivity contribution in [2.75, 3.05) is 49.1 Å². The largest absolute Gasteiger partial charge is 0.476 e. The summed E-state index contributed by atoms with van der Waals surface area (Å²) in [5.74, 6) is -0.711. The molecule has 0 spiro atoms. The molecule has 0 saturated carbocycles. The van der Waals surface area contributed by atoms with Gasteiger partial charge in [-0.15, -0.1) is 0 Å². The summed E-state index contributed by atoms with van der Waals surface area (Å²) in [6.45, 7) is 10.9. The van der Waals surface area contributed by atoms with Crippen LogP contribution in [0.5, 0.6) is 5.88 Å². The highest BCUT2D eigenvalue weighted by molar-refractivity contribution is 7.81. The fourth-order valence-electron chi connectivity index (χ4n) is 7.82. The summed E-state index contributed by atoms with van der Waals surface area (Å²) in [5.41, 5.74) is 0.0691. The van der Waals surface area contributed by atoms with E-state index in [9.17, 15) is 37.6 Å². The van der Waals surface area contributed by atoms with Gasteiger partial charge in [-0.2, -0.15) is 18.4 Å². The van der Waals surface area contributed by atoms with Gasteiger partial charge in [0.25, 0.3) is 5.91 Å². The average Bonchev–Trinajstić information content (AvgIpc) is 3.35. The van der Waals surface area contributed by atoms with E-state index in [2.05, 4.69) is 27.0 Å². The van der Waals surface area contributed by atoms with Gasteiger partial charge in [-0.25, -0.2) is 4.98 Å². The number of amides is 3. The van der Waals surface area contributed by atoms with Crippen LogP contribution in [-0.2, 0) is 44.6 Å². The maximum Gasteiger partial charge on any atom is 0.417 e. The Morgan fingerprint density at radius 3 is 2.53 bits per heavy atom. The Morgan fingerprint density at radius 2 is 1.84 bits per heavy atom. The minimum absolute atomic E-state index is 0.0171. The molecule has 3 amide bonds. The van der Waals surface area contributed by atoms with Crippen molar-refractivity contribution in [3.63, 3.8) is 0 Å². The van der Waals surface area contributed by atoms with Crippen molar-refractivity contribution in [3.8, 4) is 11.9 Å². The number of ketones is 1. The topological polar surface area (TPSA) is 139 Å². The first-order valence-electron chi connectivity index (χ1n) is 19.3. The second-order valence-electron chi connectivity index (χ2n) is 15.5. The fourth-order valence-corrected chi connectivity index (χ4v) is 8.35. The van der Waals surface area contributed by atoms with Crippen LogP contribution in [-0.4, -0.2) is 94.3 Å². The molecule has 1 unspecified atom stereocenters. The third kappa shape index (κ3) is 9.22. The maximum absolute atomic E-state index is 13.8. The van der Waals surface area contributed by atoms with Crippen molar-refractivity contribution >= 4 is 52.2 Å². The van der Waals surface area contributed by atoms with Crippen LogP contribution in [0.1, 0.15) is 68.4 Å². The predicted octanol–water partition coefficient (Wildman–Crippen LogP) is 5.24. The standard InChI is InChI=1S/C42H46F3N7O5S/c1-5-29-20-33(52-40(58)51(39(56)41(52,3)4)32-11-9-31(22-46)35(21-32)42(43,44)45)23-47-38(29)57-16-15-49-13-14-50(26(2)24-49)25-34(53)19-28-8-6-7-27(17-28)18-30-10-12-36(54)48-37(30)55/h6-9,11,17,20-21,23,26,30H,5,10,12-16,18-19,24-25H2,1-4H3,(H,48,54,55)/t26-,30?/m1/s1. The molecule has 3 aliphatic rings. The van der Waals surface area contributed by atoms with E-state index >= 15 is 0 Å². The molecule has 4 heterocycles.